The summed E-state index contributed by atoms with van der Waals surface area (Å²) in [6, 6.07) is 8.96. The molecule has 0 unspecified atom stereocenters. The molecule has 108 valence electrons. The van der Waals surface area contributed by atoms with Crippen molar-refractivity contribution in [2.24, 2.45) is 0 Å². The molecule has 0 bridgehead atoms. The number of Topliss-reactive ketones (excluding diaryl/α,β-unsaturated/α-hetero) is 1. The van der Waals surface area contributed by atoms with Crippen LogP contribution in [0.1, 0.15) is 10.4 Å². The highest BCUT2D eigenvalue weighted by atomic mass is 79.9. The van der Waals surface area contributed by atoms with Crippen molar-refractivity contribution in [1.29, 1.82) is 0 Å². The Morgan fingerprint density at radius 1 is 1.19 bits per heavy atom. The van der Waals surface area contributed by atoms with Crippen molar-refractivity contribution in [3.05, 3.63) is 52.3 Å². The molecule has 0 atom stereocenters. The molecule has 1 aliphatic heterocycles. The summed E-state index contributed by atoms with van der Waals surface area (Å²) in [4.78, 5) is 12.1. The van der Waals surface area contributed by atoms with E-state index in [2.05, 4.69) is 15.9 Å². The number of carbonyl (C=O) groups is 1. The van der Waals surface area contributed by atoms with E-state index in [4.69, 9.17) is 14.2 Å². The van der Waals surface area contributed by atoms with Gasteiger partial charge in [-0.3, -0.25) is 4.79 Å². The monoisotopic (exact) mass is 352 g/mol. The minimum Gasteiger partial charge on any atom is -0.484 e. The lowest BCUT2D eigenvalue weighted by Gasteiger charge is -2.08. The van der Waals surface area contributed by atoms with Gasteiger partial charge in [-0.25, -0.2) is 4.39 Å². The number of rotatable bonds is 4. The van der Waals surface area contributed by atoms with Crippen molar-refractivity contribution in [2.75, 3.05) is 13.4 Å². The van der Waals surface area contributed by atoms with E-state index in [1.54, 1.807) is 18.2 Å². The van der Waals surface area contributed by atoms with Gasteiger partial charge in [0.25, 0.3) is 0 Å². The highest BCUT2D eigenvalue weighted by Crippen LogP contribution is 2.32. The first-order chi connectivity index (χ1) is 10.1. The van der Waals surface area contributed by atoms with Crippen LogP contribution in [0.2, 0.25) is 0 Å². The SMILES string of the molecule is O=C(COc1cc(F)ccc1Br)c1ccc2c(c1)OCO2. The summed E-state index contributed by atoms with van der Waals surface area (Å²) in [5.74, 6) is 0.769. The minimum absolute atomic E-state index is 0.152. The van der Waals surface area contributed by atoms with Gasteiger partial charge in [0.2, 0.25) is 6.79 Å². The summed E-state index contributed by atoms with van der Waals surface area (Å²) in [6.45, 7) is -0.0403. The molecule has 0 fully saturated rings. The normalized spacial score (nSPS) is 12.3. The topological polar surface area (TPSA) is 44.8 Å². The number of halogens is 2. The van der Waals surface area contributed by atoms with E-state index >= 15 is 0 Å². The van der Waals surface area contributed by atoms with Crippen LogP contribution >= 0.6 is 15.9 Å². The molecule has 0 radical (unpaired) electrons. The van der Waals surface area contributed by atoms with Gasteiger partial charge in [-0.05, 0) is 46.3 Å². The van der Waals surface area contributed by atoms with Gasteiger partial charge < -0.3 is 14.2 Å². The third kappa shape index (κ3) is 3.00. The molecule has 1 heterocycles. The lowest BCUT2D eigenvalue weighted by Crippen LogP contribution is -2.11. The molecule has 0 aromatic heterocycles. The predicted octanol–water partition coefficient (Wildman–Crippen LogP) is 3.58. The van der Waals surface area contributed by atoms with E-state index in [0.29, 0.717) is 21.5 Å². The van der Waals surface area contributed by atoms with E-state index in [9.17, 15) is 9.18 Å². The van der Waals surface area contributed by atoms with Crippen molar-refractivity contribution in [1.82, 2.24) is 0 Å². The van der Waals surface area contributed by atoms with Crippen LogP contribution in [-0.2, 0) is 0 Å². The molecule has 0 amide bonds. The first-order valence-electron chi connectivity index (χ1n) is 6.14. The summed E-state index contributed by atoms with van der Waals surface area (Å²) < 4.78 is 29.5. The molecular weight excluding hydrogens is 343 g/mol. The van der Waals surface area contributed by atoms with Gasteiger partial charge in [-0.2, -0.15) is 0 Å². The molecule has 4 nitrogen and oxygen atoms in total. The number of ether oxygens (including phenoxy) is 3. The third-order valence-electron chi connectivity index (χ3n) is 2.95. The van der Waals surface area contributed by atoms with Gasteiger partial charge in [0, 0.05) is 11.6 Å². The summed E-state index contributed by atoms with van der Waals surface area (Å²) in [6.07, 6.45) is 0. The Balaban J connectivity index is 1.70. The zero-order valence-corrected chi connectivity index (χ0v) is 12.4. The van der Waals surface area contributed by atoms with Crippen molar-refractivity contribution < 1.29 is 23.4 Å². The highest BCUT2D eigenvalue weighted by Gasteiger charge is 2.16. The lowest BCUT2D eigenvalue weighted by atomic mass is 10.1. The third-order valence-corrected chi connectivity index (χ3v) is 3.60. The van der Waals surface area contributed by atoms with Crippen molar-refractivity contribution in [3.8, 4) is 17.2 Å². The zero-order chi connectivity index (χ0) is 14.8. The molecular formula is C15H10BrFO4. The van der Waals surface area contributed by atoms with Crippen LogP contribution in [-0.4, -0.2) is 19.2 Å². The first-order valence-corrected chi connectivity index (χ1v) is 6.93. The van der Waals surface area contributed by atoms with Crippen LogP contribution in [0.5, 0.6) is 17.2 Å². The summed E-state index contributed by atoms with van der Waals surface area (Å²) >= 11 is 3.24. The molecule has 6 heteroatoms. The number of hydrogen-bond donors (Lipinski definition) is 0. The van der Waals surface area contributed by atoms with Gasteiger partial charge in [0.1, 0.15) is 11.6 Å². The number of carbonyl (C=O) groups excluding carboxylic acids is 1. The van der Waals surface area contributed by atoms with E-state index < -0.39 is 5.82 Å². The standard InChI is InChI=1S/C15H10BrFO4/c16-11-3-2-10(17)6-14(11)19-7-12(18)9-1-4-13-15(5-9)21-8-20-13/h1-6H,7-8H2. The van der Waals surface area contributed by atoms with Gasteiger partial charge >= 0.3 is 0 Å². The van der Waals surface area contributed by atoms with Crippen LogP contribution in [0.4, 0.5) is 4.39 Å². The molecule has 3 rings (SSSR count). The van der Waals surface area contributed by atoms with E-state index in [1.807, 2.05) is 0 Å². The summed E-state index contributed by atoms with van der Waals surface area (Å²) in [5.41, 5.74) is 0.451. The maximum Gasteiger partial charge on any atom is 0.231 e. The first kappa shape index (κ1) is 13.9. The maximum absolute atomic E-state index is 13.1. The van der Waals surface area contributed by atoms with Crippen LogP contribution in [0.25, 0.3) is 0 Å². The van der Waals surface area contributed by atoms with E-state index in [-0.39, 0.29) is 24.9 Å². The second kappa shape index (κ2) is 5.73. The largest absolute Gasteiger partial charge is 0.484 e. The molecule has 2 aromatic carbocycles. The molecule has 21 heavy (non-hydrogen) atoms. The van der Waals surface area contributed by atoms with E-state index in [0.717, 1.165) is 0 Å². The zero-order valence-electron chi connectivity index (χ0n) is 10.8. The summed E-state index contributed by atoms with van der Waals surface area (Å²) in [7, 11) is 0. The van der Waals surface area contributed by atoms with Crippen LogP contribution in [0, 0.1) is 5.82 Å². The second-order valence-electron chi connectivity index (χ2n) is 4.35. The second-order valence-corrected chi connectivity index (χ2v) is 5.21. The summed E-state index contributed by atoms with van der Waals surface area (Å²) in [5, 5.41) is 0. The highest BCUT2D eigenvalue weighted by molar-refractivity contribution is 9.10. The van der Waals surface area contributed by atoms with Crippen molar-refractivity contribution in [2.45, 2.75) is 0 Å². The lowest BCUT2D eigenvalue weighted by molar-refractivity contribution is 0.0920. The Kier molecular flexibility index (Phi) is 3.79. The molecule has 0 saturated heterocycles. The Hall–Kier alpha value is -2.08. The fraction of sp³-hybridized carbons (Fsp3) is 0.133. The molecule has 0 spiro atoms. The molecule has 0 saturated carbocycles. The maximum atomic E-state index is 13.1. The number of fused-ring (bicyclic) bond motifs is 1. The Bertz CT molecular complexity index is 702. The smallest absolute Gasteiger partial charge is 0.231 e. The Morgan fingerprint density at radius 2 is 2.00 bits per heavy atom. The van der Waals surface area contributed by atoms with Crippen LogP contribution in [0.3, 0.4) is 0 Å². The van der Waals surface area contributed by atoms with Crippen LogP contribution in [0.15, 0.2) is 40.9 Å². The average molecular weight is 353 g/mol. The fourth-order valence-corrected chi connectivity index (χ4v) is 2.25. The number of ketones is 1. The predicted molar refractivity (Wildman–Crippen MR) is 76.5 cm³/mol. The van der Waals surface area contributed by atoms with Crippen molar-refractivity contribution >= 4 is 21.7 Å². The van der Waals surface area contributed by atoms with Crippen molar-refractivity contribution in [3.63, 3.8) is 0 Å². The number of benzene rings is 2. The van der Waals surface area contributed by atoms with Crippen LogP contribution < -0.4 is 14.2 Å². The fourth-order valence-electron chi connectivity index (χ4n) is 1.88. The van der Waals surface area contributed by atoms with Gasteiger partial charge in [0.15, 0.2) is 23.9 Å². The van der Waals surface area contributed by atoms with Gasteiger partial charge in [-0.1, -0.05) is 0 Å². The van der Waals surface area contributed by atoms with Gasteiger partial charge in [-0.15, -0.1) is 0 Å². The van der Waals surface area contributed by atoms with Gasteiger partial charge in [0.05, 0.1) is 4.47 Å². The minimum atomic E-state index is -0.427. The Labute approximate surface area is 128 Å². The number of hydrogen-bond acceptors (Lipinski definition) is 4. The molecule has 0 N–H and O–H groups in total. The molecule has 0 aliphatic carbocycles. The average Bonchev–Trinajstić information content (AvgIpc) is 2.95. The molecule has 2 aromatic rings. The molecule has 1 aliphatic rings. The van der Waals surface area contributed by atoms with E-state index in [1.165, 1.54) is 18.2 Å². The quantitative estimate of drug-likeness (QED) is 0.789. The Morgan fingerprint density at radius 3 is 2.86 bits per heavy atom.